The molecule has 2 atom stereocenters. The molecule has 0 saturated carbocycles. The predicted molar refractivity (Wildman–Crippen MR) is 125 cm³/mol. The highest BCUT2D eigenvalue weighted by Crippen LogP contribution is 2.11. The van der Waals surface area contributed by atoms with E-state index in [1.54, 1.807) is 0 Å². The lowest BCUT2D eigenvalue weighted by Crippen LogP contribution is -2.14. The van der Waals surface area contributed by atoms with Crippen LogP contribution in [0.1, 0.15) is 130 Å². The Morgan fingerprint density at radius 3 is 1.47 bits per heavy atom. The average Bonchev–Trinajstić information content (AvgIpc) is 2.68. The van der Waals surface area contributed by atoms with E-state index >= 15 is 0 Å². The summed E-state index contributed by atoms with van der Waals surface area (Å²) in [6.07, 6.45) is 20.9. The molecule has 0 radical (unpaired) electrons. The highest BCUT2D eigenvalue weighted by molar-refractivity contribution is 5.69. The van der Waals surface area contributed by atoms with Crippen molar-refractivity contribution >= 4 is 11.9 Å². The molecule has 0 heterocycles. The van der Waals surface area contributed by atoms with Gasteiger partial charge in [-0.25, -0.2) is 0 Å². The van der Waals surface area contributed by atoms with Gasteiger partial charge in [0, 0.05) is 12.8 Å². The summed E-state index contributed by atoms with van der Waals surface area (Å²) in [5.74, 6) is -0.0908. The first kappa shape index (κ1) is 28.7. The van der Waals surface area contributed by atoms with Crippen molar-refractivity contribution in [2.45, 2.75) is 143 Å². The second-order valence-electron chi connectivity index (χ2n) is 8.56. The molecule has 0 N–H and O–H groups in total. The molecule has 0 spiro atoms. The summed E-state index contributed by atoms with van der Waals surface area (Å²) < 4.78 is 10.7. The Morgan fingerprint density at radius 1 is 0.633 bits per heavy atom. The lowest BCUT2D eigenvalue weighted by Gasteiger charge is -2.11. The second kappa shape index (κ2) is 20.9. The Labute approximate surface area is 186 Å². The van der Waals surface area contributed by atoms with Crippen LogP contribution < -0.4 is 0 Å². The van der Waals surface area contributed by atoms with Crippen LogP contribution in [-0.2, 0) is 19.1 Å². The number of esters is 2. The second-order valence-corrected chi connectivity index (χ2v) is 8.56. The zero-order chi connectivity index (χ0) is 22.5. The molecule has 2 unspecified atom stereocenters. The lowest BCUT2D eigenvalue weighted by atomic mass is 10.1. The van der Waals surface area contributed by atoms with Gasteiger partial charge in [-0.05, 0) is 65.2 Å². The Bertz CT molecular complexity index is 444. The summed E-state index contributed by atoms with van der Waals surface area (Å²) in [5.41, 5.74) is 0. The molecule has 0 aromatic rings. The van der Waals surface area contributed by atoms with Crippen LogP contribution in [0.2, 0.25) is 0 Å². The maximum Gasteiger partial charge on any atom is 0.306 e. The molecular formula is C26H48O4. The van der Waals surface area contributed by atoms with Crippen LogP contribution >= 0.6 is 0 Å². The molecule has 0 bridgehead atoms. The molecule has 0 aliphatic rings. The van der Waals surface area contributed by atoms with Crippen molar-refractivity contribution < 1.29 is 19.1 Å². The van der Waals surface area contributed by atoms with Crippen LogP contribution in [-0.4, -0.2) is 24.1 Å². The van der Waals surface area contributed by atoms with E-state index in [0.29, 0.717) is 12.8 Å². The van der Waals surface area contributed by atoms with E-state index in [1.807, 2.05) is 13.8 Å². The summed E-state index contributed by atoms with van der Waals surface area (Å²) in [5, 5.41) is 0. The Balaban J connectivity index is 3.38. The van der Waals surface area contributed by atoms with Gasteiger partial charge in [-0.15, -0.1) is 0 Å². The van der Waals surface area contributed by atoms with E-state index in [1.165, 1.54) is 25.7 Å². The number of carbonyl (C=O) groups is 2. The smallest absolute Gasteiger partial charge is 0.306 e. The number of unbranched alkanes of at least 4 members (excludes halogenated alkanes) is 8. The number of ether oxygens (including phenoxy) is 2. The lowest BCUT2D eigenvalue weighted by molar-refractivity contribution is -0.149. The van der Waals surface area contributed by atoms with Crippen LogP contribution in [0, 0.1) is 0 Å². The van der Waals surface area contributed by atoms with Gasteiger partial charge in [-0.3, -0.25) is 9.59 Å². The molecule has 0 fully saturated rings. The number of carbonyl (C=O) groups excluding carboxylic acids is 2. The number of allylic oxidation sites excluding steroid dienone is 2. The van der Waals surface area contributed by atoms with Gasteiger partial charge in [0.15, 0.2) is 0 Å². The number of hydrogen-bond donors (Lipinski definition) is 0. The quantitative estimate of drug-likeness (QED) is 0.114. The fourth-order valence-electron chi connectivity index (χ4n) is 3.50. The average molecular weight is 425 g/mol. The largest absolute Gasteiger partial charge is 0.463 e. The first-order chi connectivity index (χ1) is 14.5. The van der Waals surface area contributed by atoms with Crippen molar-refractivity contribution in [3.05, 3.63) is 12.2 Å². The highest BCUT2D eigenvalue weighted by Gasteiger charge is 2.08. The van der Waals surface area contributed by atoms with Crippen molar-refractivity contribution in [3.8, 4) is 0 Å². The topological polar surface area (TPSA) is 52.6 Å². The Kier molecular flexibility index (Phi) is 20.0. The third kappa shape index (κ3) is 20.0. The summed E-state index contributed by atoms with van der Waals surface area (Å²) in [7, 11) is 0. The van der Waals surface area contributed by atoms with Crippen molar-refractivity contribution in [1.29, 1.82) is 0 Å². The van der Waals surface area contributed by atoms with E-state index < -0.39 is 0 Å². The molecule has 30 heavy (non-hydrogen) atoms. The monoisotopic (exact) mass is 424 g/mol. The minimum Gasteiger partial charge on any atom is -0.463 e. The Hall–Kier alpha value is -1.32. The molecule has 0 aliphatic heterocycles. The SMILES string of the molecule is CCCC(C)OC(=O)CCCC/C=C/CCCCCCCCC(=O)OC(C)CCC. The van der Waals surface area contributed by atoms with Gasteiger partial charge < -0.3 is 9.47 Å². The molecule has 0 saturated heterocycles. The van der Waals surface area contributed by atoms with Gasteiger partial charge in [0.25, 0.3) is 0 Å². The van der Waals surface area contributed by atoms with Crippen molar-refractivity contribution in [3.63, 3.8) is 0 Å². The minimum atomic E-state index is -0.0529. The van der Waals surface area contributed by atoms with Crippen molar-refractivity contribution in [2.24, 2.45) is 0 Å². The molecule has 0 aromatic carbocycles. The summed E-state index contributed by atoms with van der Waals surface area (Å²) in [6, 6.07) is 0. The number of hydrogen-bond acceptors (Lipinski definition) is 4. The zero-order valence-electron chi connectivity index (χ0n) is 20.3. The van der Waals surface area contributed by atoms with Gasteiger partial charge in [-0.2, -0.15) is 0 Å². The van der Waals surface area contributed by atoms with Crippen molar-refractivity contribution in [1.82, 2.24) is 0 Å². The standard InChI is InChI=1S/C26H48O4/c1-5-19-23(3)29-25(27)21-17-15-13-11-9-7-8-10-12-14-16-18-22-26(28)30-24(4)20-6-2/h9,11,23-24H,5-8,10,12-22H2,1-4H3/b11-9+. The molecule has 4 heteroatoms. The normalized spacial score (nSPS) is 13.3. The van der Waals surface area contributed by atoms with Gasteiger partial charge in [0.05, 0.1) is 12.2 Å². The maximum atomic E-state index is 11.7. The maximum absolute atomic E-state index is 11.7. The van der Waals surface area contributed by atoms with Crippen LogP contribution in [0.25, 0.3) is 0 Å². The van der Waals surface area contributed by atoms with Gasteiger partial charge >= 0.3 is 11.9 Å². The summed E-state index contributed by atoms with van der Waals surface area (Å²) >= 11 is 0. The van der Waals surface area contributed by atoms with E-state index in [0.717, 1.165) is 64.2 Å². The molecule has 0 aromatic heterocycles. The predicted octanol–water partition coefficient (Wildman–Crippen LogP) is 7.69. The summed E-state index contributed by atoms with van der Waals surface area (Å²) in [6.45, 7) is 8.15. The van der Waals surface area contributed by atoms with Crippen LogP contribution in [0.3, 0.4) is 0 Å². The highest BCUT2D eigenvalue weighted by atomic mass is 16.5. The molecule has 0 aliphatic carbocycles. The molecule has 4 nitrogen and oxygen atoms in total. The van der Waals surface area contributed by atoms with E-state index in [4.69, 9.17) is 9.47 Å². The first-order valence-corrected chi connectivity index (χ1v) is 12.5. The van der Waals surface area contributed by atoms with Gasteiger partial charge in [-0.1, -0.05) is 64.5 Å². The fraction of sp³-hybridized carbons (Fsp3) is 0.846. The molecular weight excluding hydrogens is 376 g/mol. The number of rotatable bonds is 20. The van der Waals surface area contributed by atoms with E-state index in [-0.39, 0.29) is 24.1 Å². The van der Waals surface area contributed by atoms with Crippen LogP contribution in [0.5, 0.6) is 0 Å². The first-order valence-electron chi connectivity index (χ1n) is 12.5. The molecule has 0 rings (SSSR count). The van der Waals surface area contributed by atoms with Crippen LogP contribution in [0.15, 0.2) is 12.2 Å². The third-order valence-corrected chi connectivity index (χ3v) is 5.23. The fourth-order valence-corrected chi connectivity index (χ4v) is 3.50. The van der Waals surface area contributed by atoms with E-state index in [9.17, 15) is 9.59 Å². The molecule has 176 valence electrons. The Morgan fingerprint density at radius 2 is 1.00 bits per heavy atom. The zero-order valence-corrected chi connectivity index (χ0v) is 20.3. The van der Waals surface area contributed by atoms with E-state index in [2.05, 4.69) is 26.0 Å². The van der Waals surface area contributed by atoms with Crippen molar-refractivity contribution in [2.75, 3.05) is 0 Å². The van der Waals surface area contributed by atoms with Crippen LogP contribution in [0.4, 0.5) is 0 Å². The third-order valence-electron chi connectivity index (χ3n) is 5.23. The minimum absolute atomic E-state index is 0.0379. The molecule has 0 amide bonds. The summed E-state index contributed by atoms with van der Waals surface area (Å²) in [4.78, 5) is 23.3. The van der Waals surface area contributed by atoms with Gasteiger partial charge in [0.1, 0.15) is 0 Å². The van der Waals surface area contributed by atoms with Gasteiger partial charge in [0.2, 0.25) is 0 Å².